The smallest absolute Gasteiger partial charge is 0.349 e. The van der Waals surface area contributed by atoms with Crippen LogP contribution in [-0.2, 0) is 14.3 Å². The Morgan fingerprint density at radius 1 is 0.720 bits per heavy atom. The first-order chi connectivity index (χ1) is 24.3. The van der Waals surface area contributed by atoms with Gasteiger partial charge in [-0.05, 0) is 108 Å². The normalized spacial score (nSPS) is 12.6. The number of carbonyl (C=O) groups is 1. The molecule has 0 saturated carbocycles. The van der Waals surface area contributed by atoms with E-state index in [9.17, 15) is 10.1 Å². The Kier molecular flexibility index (Phi) is 16.8. The van der Waals surface area contributed by atoms with Gasteiger partial charge in [-0.1, -0.05) is 26.7 Å². The van der Waals surface area contributed by atoms with Gasteiger partial charge in [-0.15, -0.1) is 0 Å². The second kappa shape index (κ2) is 21.2. The summed E-state index contributed by atoms with van der Waals surface area (Å²) in [4.78, 5) is 17.3. The van der Waals surface area contributed by atoms with Crippen molar-refractivity contribution in [3.63, 3.8) is 0 Å². The largest absolute Gasteiger partial charge is 0.493 e. The second-order valence-corrected chi connectivity index (χ2v) is 11.7. The molecule has 1 aliphatic heterocycles. The van der Waals surface area contributed by atoms with Crippen LogP contribution in [0.2, 0.25) is 0 Å². The molecule has 8 nitrogen and oxygen atoms in total. The maximum absolute atomic E-state index is 12.8. The second-order valence-electron chi connectivity index (χ2n) is 11.7. The van der Waals surface area contributed by atoms with Crippen LogP contribution in [0.4, 0.5) is 11.4 Å². The fourth-order valence-corrected chi connectivity index (χ4v) is 5.42. The van der Waals surface area contributed by atoms with Crippen molar-refractivity contribution in [1.82, 2.24) is 0 Å². The van der Waals surface area contributed by atoms with E-state index in [1.807, 2.05) is 42.5 Å². The van der Waals surface area contributed by atoms with E-state index in [0.717, 1.165) is 85.9 Å². The first-order valence-corrected chi connectivity index (χ1v) is 18.2. The van der Waals surface area contributed by atoms with Crippen molar-refractivity contribution < 1.29 is 23.7 Å². The minimum Gasteiger partial charge on any atom is -0.493 e. The standard InChI is InChI=1S/C42H55N3O5/c1-8-15-25-48-40-29-35(44(10-3)11-4)21-17-32(40)19-23-37-27-34(39(31-43)42(46)47-14-7)28-38(50-37)24-20-33-18-22-36(45(12-5)13-6)30-41(33)49-26-16-9-2/h17-24,27-30H,8-16,25-26H2,1-7H3. The molecule has 1 aliphatic rings. The first kappa shape index (κ1) is 39.5. The molecule has 1 heterocycles. The van der Waals surface area contributed by atoms with Gasteiger partial charge in [0.2, 0.25) is 0 Å². The molecule has 0 radical (unpaired) electrons. The monoisotopic (exact) mass is 681 g/mol. The number of nitriles is 1. The van der Waals surface area contributed by atoms with Crippen LogP contribution in [0.25, 0.3) is 12.2 Å². The highest BCUT2D eigenvalue weighted by atomic mass is 16.5. The summed E-state index contributed by atoms with van der Waals surface area (Å²) in [6, 6.07) is 14.5. The quantitative estimate of drug-likeness (QED) is 0.0591. The summed E-state index contributed by atoms with van der Waals surface area (Å²) in [5.74, 6) is 1.82. The summed E-state index contributed by atoms with van der Waals surface area (Å²) >= 11 is 0. The molecular formula is C42H55N3O5. The summed E-state index contributed by atoms with van der Waals surface area (Å²) in [5.41, 5.74) is 4.31. The molecule has 0 aliphatic carbocycles. The highest BCUT2D eigenvalue weighted by molar-refractivity contribution is 5.95. The Labute approximate surface area is 300 Å². The molecule has 0 aromatic heterocycles. The minimum absolute atomic E-state index is 0.0914. The molecule has 0 unspecified atom stereocenters. The van der Waals surface area contributed by atoms with Crippen molar-refractivity contribution in [2.75, 3.05) is 55.8 Å². The van der Waals surface area contributed by atoms with Gasteiger partial charge in [0.05, 0.1) is 19.8 Å². The SMILES string of the molecule is CCCCOc1cc(N(CC)CC)ccc1C=CC1=CC(=C(C#N)C(=O)OCC)C=C(C=Cc2ccc(N(CC)CC)cc2OCCCC)O1. The van der Waals surface area contributed by atoms with Gasteiger partial charge >= 0.3 is 5.97 Å². The van der Waals surface area contributed by atoms with Crippen LogP contribution in [0.5, 0.6) is 11.5 Å². The van der Waals surface area contributed by atoms with Crippen LogP contribution in [-0.4, -0.2) is 52.0 Å². The zero-order chi connectivity index (χ0) is 36.3. The average Bonchev–Trinajstić information content (AvgIpc) is 3.12. The molecule has 50 heavy (non-hydrogen) atoms. The lowest BCUT2D eigenvalue weighted by Crippen LogP contribution is -2.21. The van der Waals surface area contributed by atoms with Crippen molar-refractivity contribution >= 4 is 29.5 Å². The maximum atomic E-state index is 12.8. The molecule has 3 rings (SSSR count). The van der Waals surface area contributed by atoms with Crippen LogP contribution in [0, 0.1) is 11.3 Å². The lowest BCUT2D eigenvalue weighted by atomic mass is 10.0. The van der Waals surface area contributed by atoms with Gasteiger partial charge in [0.25, 0.3) is 0 Å². The molecule has 0 N–H and O–H groups in total. The third kappa shape index (κ3) is 11.3. The number of hydrogen-bond donors (Lipinski definition) is 0. The maximum Gasteiger partial charge on any atom is 0.349 e. The van der Waals surface area contributed by atoms with Gasteiger partial charge in [0.15, 0.2) is 0 Å². The number of unbranched alkanes of at least 4 members (excludes halogenated alkanes) is 2. The van der Waals surface area contributed by atoms with Crippen molar-refractivity contribution in [3.8, 4) is 17.6 Å². The number of esters is 1. The summed E-state index contributed by atoms with van der Waals surface area (Å²) in [5, 5.41) is 9.98. The van der Waals surface area contributed by atoms with Gasteiger partial charge in [0.1, 0.15) is 34.7 Å². The number of anilines is 2. The van der Waals surface area contributed by atoms with E-state index in [2.05, 4.69) is 75.6 Å². The lowest BCUT2D eigenvalue weighted by molar-refractivity contribution is -0.138. The first-order valence-electron chi connectivity index (χ1n) is 18.2. The zero-order valence-corrected chi connectivity index (χ0v) is 31.1. The van der Waals surface area contributed by atoms with Gasteiger partial charge in [-0.25, -0.2) is 4.79 Å². The highest BCUT2D eigenvalue weighted by Gasteiger charge is 2.19. The Balaban J connectivity index is 2.04. The lowest BCUT2D eigenvalue weighted by Gasteiger charge is -2.22. The molecule has 0 spiro atoms. The summed E-state index contributed by atoms with van der Waals surface area (Å²) < 4.78 is 24.0. The molecule has 0 saturated heterocycles. The van der Waals surface area contributed by atoms with Crippen molar-refractivity contribution in [2.24, 2.45) is 0 Å². The Morgan fingerprint density at radius 2 is 1.18 bits per heavy atom. The fourth-order valence-electron chi connectivity index (χ4n) is 5.42. The third-order valence-corrected chi connectivity index (χ3v) is 8.33. The molecular weight excluding hydrogens is 626 g/mol. The topological polar surface area (TPSA) is 84.3 Å². The molecule has 0 amide bonds. The summed E-state index contributed by atoms with van der Waals surface area (Å²) in [6.45, 7) is 19.5. The Bertz CT molecular complexity index is 1510. The molecule has 2 aromatic rings. The number of ether oxygens (including phenoxy) is 4. The zero-order valence-electron chi connectivity index (χ0n) is 31.1. The number of nitrogens with zero attached hydrogens (tertiary/aromatic N) is 3. The Hall–Kier alpha value is -4.90. The van der Waals surface area contributed by atoms with Crippen LogP contribution >= 0.6 is 0 Å². The molecule has 8 heteroatoms. The van der Waals surface area contributed by atoms with E-state index in [4.69, 9.17) is 18.9 Å². The van der Waals surface area contributed by atoms with Crippen molar-refractivity contribution in [2.45, 2.75) is 74.1 Å². The van der Waals surface area contributed by atoms with Gasteiger partial charge in [-0.3, -0.25) is 0 Å². The molecule has 268 valence electrons. The predicted octanol–water partition coefficient (Wildman–Crippen LogP) is 9.64. The van der Waals surface area contributed by atoms with Gasteiger partial charge in [0, 0.05) is 66.4 Å². The number of hydrogen-bond acceptors (Lipinski definition) is 8. The van der Waals surface area contributed by atoms with Crippen LogP contribution in [0.1, 0.15) is 85.3 Å². The number of rotatable bonds is 20. The van der Waals surface area contributed by atoms with E-state index in [-0.39, 0.29) is 12.2 Å². The molecule has 2 aromatic carbocycles. The van der Waals surface area contributed by atoms with Crippen molar-refractivity contribution in [3.05, 3.63) is 94.5 Å². The Morgan fingerprint density at radius 3 is 1.56 bits per heavy atom. The van der Waals surface area contributed by atoms with Crippen LogP contribution in [0.15, 0.2) is 83.4 Å². The van der Waals surface area contributed by atoms with Gasteiger partial charge < -0.3 is 28.7 Å². The average molecular weight is 682 g/mol. The number of carbonyl (C=O) groups excluding carboxylic acids is 1. The number of benzene rings is 2. The summed E-state index contributed by atoms with van der Waals surface area (Å²) in [6.07, 6.45) is 14.9. The molecule has 0 bridgehead atoms. The van der Waals surface area contributed by atoms with E-state index >= 15 is 0 Å². The predicted molar refractivity (Wildman–Crippen MR) is 205 cm³/mol. The number of allylic oxidation sites excluding steroid dienone is 5. The van der Waals surface area contributed by atoms with E-state index in [1.165, 1.54) is 0 Å². The fraction of sp³-hybridized carbons (Fsp3) is 0.429. The van der Waals surface area contributed by atoms with E-state index in [0.29, 0.717) is 30.3 Å². The molecule has 0 fully saturated rings. The minimum atomic E-state index is -0.678. The van der Waals surface area contributed by atoms with E-state index in [1.54, 1.807) is 19.1 Å². The molecule has 0 atom stereocenters. The third-order valence-electron chi connectivity index (χ3n) is 8.33. The van der Waals surface area contributed by atoms with E-state index < -0.39 is 5.97 Å². The van der Waals surface area contributed by atoms with Crippen LogP contribution in [0.3, 0.4) is 0 Å². The van der Waals surface area contributed by atoms with Gasteiger partial charge in [-0.2, -0.15) is 5.26 Å². The summed E-state index contributed by atoms with van der Waals surface area (Å²) in [7, 11) is 0. The highest BCUT2D eigenvalue weighted by Crippen LogP contribution is 2.31. The van der Waals surface area contributed by atoms with Crippen molar-refractivity contribution in [1.29, 1.82) is 5.26 Å². The van der Waals surface area contributed by atoms with Crippen LogP contribution < -0.4 is 19.3 Å².